The Morgan fingerprint density at radius 1 is 1.21 bits per heavy atom. The first kappa shape index (κ1) is 16.5. The van der Waals surface area contributed by atoms with Gasteiger partial charge in [0.1, 0.15) is 15.5 Å². The lowest BCUT2D eigenvalue weighted by molar-refractivity contribution is 0.104. The smallest absolute Gasteiger partial charge is 0.205 e. The van der Waals surface area contributed by atoms with Crippen molar-refractivity contribution in [2.24, 2.45) is 0 Å². The van der Waals surface area contributed by atoms with Crippen LogP contribution in [0.15, 0.2) is 36.4 Å². The van der Waals surface area contributed by atoms with Crippen molar-refractivity contribution in [3.05, 3.63) is 52.5 Å². The van der Waals surface area contributed by atoms with Crippen molar-refractivity contribution in [1.82, 2.24) is 4.98 Å². The average Bonchev–Trinajstić information content (AvgIpc) is 2.91. The zero-order valence-electron chi connectivity index (χ0n) is 14.0. The maximum Gasteiger partial charge on any atom is 0.205 e. The van der Waals surface area contributed by atoms with Gasteiger partial charge in [-0.25, -0.2) is 4.98 Å². The Hall–Kier alpha value is -2.40. The number of thiophene rings is 1. The molecule has 2 N–H and O–H groups in total. The van der Waals surface area contributed by atoms with Crippen molar-refractivity contribution in [2.45, 2.75) is 26.7 Å². The summed E-state index contributed by atoms with van der Waals surface area (Å²) in [4.78, 5) is 18.8. The Kier molecular flexibility index (Phi) is 4.53. The van der Waals surface area contributed by atoms with E-state index in [-0.39, 0.29) is 5.78 Å². The Balaban J connectivity index is 1.98. The number of nitrogens with two attached hydrogens (primary N) is 1. The van der Waals surface area contributed by atoms with Crippen LogP contribution in [-0.2, 0) is 0 Å². The number of hydrogen-bond donors (Lipinski definition) is 1. The molecular weight excluding hydrogens is 320 g/mol. The zero-order valence-corrected chi connectivity index (χ0v) is 14.8. The van der Waals surface area contributed by atoms with Crippen LogP contribution in [0.2, 0.25) is 0 Å². The highest BCUT2D eigenvalue weighted by Crippen LogP contribution is 2.35. The molecule has 0 unspecified atom stereocenters. The molecule has 0 amide bonds. The Morgan fingerprint density at radius 3 is 2.54 bits per heavy atom. The molecule has 2 heterocycles. The van der Waals surface area contributed by atoms with Gasteiger partial charge in [0.15, 0.2) is 0 Å². The number of carbonyl (C=O) groups is 1. The van der Waals surface area contributed by atoms with Gasteiger partial charge in [-0.3, -0.25) is 4.79 Å². The van der Waals surface area contributed by atoms with E-state index in [1.54, 1.807) is 24.3 Å². The summed E-state index contributed by atoms with van der Waals surface area (Å²) in [5, 5.41) is 0.846. The number of ketones is 1. The third-order valence-electron chi connectivity index (χ3n) is 3.84. The summed E-state index contributed by atoms with van der Waals surface area (Å²) in [6.45, 7) is 6.71. The first-order valence-corrected chi connectivity index (χ1v) is 8.79. The van der Waals surface area contributed by atoms with Crippen LogP contribution in [0.5, 0.6) is 5.75 Å². The van der Waals surface area contributed by atoms with E-state index in [0.29, 0.717) is 28.7 Å². The molecule has 1 aromatic carbocycles. The van der Waals surface area contributed by atoms with Gasteiger partial charge in [-0.05, 0) is 49.2 Å². The fraction of sp³-hybridized carbons (Fsp3) is 0.263. The number of aromatic nitrogens is 1. The summed E-state index contributed by atoms with van der Waals surface area (Å²) in [5.41, 5.74) is 8.32. The standard InChI is InChI=1S/C19H20N2O2S/c1-4-23-13-7-5-12(6-8-13)17(22)18-16(20)14-9-10-15(11(2)3)21-19(14)24-18/h5-11H,4,20H2,1-3H3. The predicted octanol–water partition coefficient (Wildman–Crippen LogP) is 4.63. The predicted molar refractivity (Wildman–Crippen MR) is 99.2 cm³/mol. The summed E-state index contributed by atoms with van der Waals surface area (Å²) in [6, 6.07) is 11.1. The summed E-state index contributed by atoms with van der Waals surface area (Å²) in [5.74, 6) is 1.01. The number of anilines is 1. The second-order valence-electron chi connectivity index (χ2n) is 5.87. The highest BCUT2D eigenvalue weighted by Gasteiger charge is 2.19. The second-order valence-corrected chi connectivity index (χ2v) is 6.87. The van der Waals surface area contributed by atoms with E-state index in [2.05, 4.69) is 18.8 Å². The zero-order chi connectivity index (χ0) is 17.3. The molecule has 24 heavy (non-hydrogen) atoms. The Bertz CT molecular complexity index is 882. The van der Waals surface area contributed by atoms with Gasteiger partial charge in [0, 0.05) is 16.6 Å². The molecule has 3 aromatic rings. The van der Waals surface area contributed by atoms with Crippen LogP contribution in [0, 0.1) is 0 Å². The Labute approximate surface area is 145 Å². The molecule has 3 rings (SSSR count). The van der Waals surface area contributed by atoms with Crippen LogP contribution in [0.25, 0.3) is 10.2 Å². The number of rotatable bonds is 5. The quantitative estimate of drug-likeness (QED) is 0.688. The lowest BCUT2D eigenvalue weighted by atomic mass is 10.1. The van der Waals surface area contributed by atoms with Gasteiger partial charge in [-0.15, -0.1) is 11.3 Å². The van der Waals surface area contributed by atoms with Crippen LogP contribution >= 0.6 is 11.3 Å². The largest absolute Gasteiger partial charge is 0.494 e. The van der Waals surface area contributed by atoms with E-state index in [1.807, 2.05) is 19.1 Å². The van der Waals surface area contributed by atoms with Crippen LogP contribution in [0.4, 0.5) is 5.69 Å². The lowest BCUT2D eigenvalue weighted by Crippen LogP contribution is -2.02. The highest BCUT2D eigenvalue weighted by atomic mass is 32.1. The molecule has 4 nitrogen and oxygen atoms in total. The number of carbonyl (C=O) groups excluding carboxylic acids is 1. The van der Waals surface area contributed by atoms with Gasteiger partial charge < -0.3 is 10.5 Å². The van der Waals surface area contributed by atoms with E-state index >= 15 is 0 Å². The molecule has 0 bridgehead atoms. The lowest BCUT2D eigenvalue weighted by Gasteiger charge is -2.04. The number of nitrogen functional groups attached to an aromatic ring is 1. The second kappa shape index (κ2) is 6.61. The number of ether oxygens (including phenoxy) is 1. The van der Waals surface area contributed by atoms with Gasteiger partial charge in [0.05, 0.1) is 12.3 Å². The minimum Gasteiger partial charge on any atom is -0.494 e. The Morgan fingerprint density at radius 2 is 1.92 bits per heavy atom. The van der Waals surface area contributed by atoms with E-state index in [1.165, 1.54) is 11.3 Å². The van der Waals surface area contributed by atoms with Crippen molar-refractivity contribution in [3.8, 4) is 5.75 Å². The van der Waals surface area contributed by atoms with Crippen LogP contribution in [-0.4, -0.2) is 17.4 Å². The van der Waals surface area contributed by atoms with Gasteiger partial charge in [-0.2, -0.15) is 0 Å². The summed E-state index contributed by atoms with van der Waals surface area (Å²) < 4.78 is 5.41. The molecule has 2 aromatic heterocycles. The maximum absolute atomic E-state index is 12.8. The molecule has 5 heteroatoms. The van der Waals surface area contributed by atoms with Gasteiger partial charge in [0.25, 0.3) is 0 Å². The summed E-state index contributed by atoms with van der Waals surface area (Å²) in [7, 11) is 0. The fourth-order valence-corrected chi connectivity index (χ4v) is 3.56. The molecule has 0 fully saturated rings. The maximum atomic E-state index is 12.8. The highest BCUT2D eigenvalue weighted by molar-refractivity contribution is 7.21. The first-order valence-electron chi connectivity index (χ1n) is 7.97. The van der Waals surface area contributed by atoms with Crippen molar-refractivity contribution in [2.75, 3.05) is 12.3 Å². The van der Waals surface area contributed by atoms with Gasteiger partial charge in [0.2, 0.25) is 5.78 Å². The van der Waals surface area contributed by atoms with Crippen LogP contribution in [0.1, 0.15) is 47.6 Å². The molecule has 0 saturated carbocycles. The monoisotopic (exact) mass is 340 g/mol. The van der Waals surface area contributed by atoms with E-state index in [9.17, 15) is 4.79 Å². The molecule has 0 spiro atoms. The molecule has 0 radical (unpaired) electrons. The molecule has 0 atom stereocenters. The minimum absolute atomic E-state index is 0.0790. The molecular formula is C19H20N2O2S. The van der Waals surface area contributed by atoms with E-state index in [4.69, 9.17) is 10.5 Å². The fourth-order valence-electron chi connectivity index (χ4n) is 2.50. The molecule has 0 saturated heterocycles. The molecule has 124 valence electrons. The van der Waals surface area contributed by atoms with Gasteiger partial charge >= 0.3 is 0 Å². The first-order chi connectivity index (χ1) is 11.5. The number of hydrogen-bond acceptors (Lipinski definition) is 5. The number of benzene rings is 1. The topological polar surface area (TPSA) is 65.2 Å². The van der Waals surface area contributed by atoms with Crippen LogP contribution in [0.3, 0.4) is 0 Å². The van der Waals surface area contributed by atoms with Gasteiger partial charge in [-0.1, -0.05) is 13.8 Å². The molecule has 0 aliphatic heterocycles. The SMILES string of the molecule is CCOc1ccc(C(=O)c2sc3nc(C(C)C)ccc3c2N)cc1. The minimum atomic E-state index is -0.0790. The third-order valence-corrected chi connectivity index (χ3v) is 4.95. The van der Waals surface area contributed by atoms with Crippen molar-refractivity contribution in [3.63, 3.8) is 0 Å². The van der Waals surface area contributed by atoms with E-state index < -0.39 is 0 Å². The molecule has 0 aliphatic rings. The molecule has 0 aliphatic carbocycles. The summed E-state index contributed by atoms with van der Waals surface area (Å²) in [6.07, 6.45) is 0. The average molecular weight is 340 g/mol. The van der Waals surface area contributed by atoms with Crippen molar-refractivity contribution < 1.29 is 9.53 Å². The third kappa shape index (κ3) is 2.99. The number of nitrogens with zero attached hydrogens (tertiary/aromatic N) is 1. The summed E-state index contributed by atoms with van der Waals surface area (Å²) >= 11 is 1.36. The van der Waals surface area contributed by atoms with Crippen molar-refractivity contribution in [1.29, 1.82) is 0 Å². The van der Waals surface area contributed by atoms with E-state index in [0.717, 1.165) is 21.7 Å². The normalized spacial score (nSPS) is 11.2. The number of pyridine rings is 1. The van der Waals surface area contributed by atoms with Crippen molar-refractivity contribution >= 4 is 33.0 Å². The number of fused-ring (bicyclic) bond motifs is 1. The van der Waals surface area contributed by atoms with Crippen LogP contribution < -0.4 is 10.5 Å².